The second-order valence-electron chi connectivity index (χ2n) is 4.10. The summed E-state index contributed by atoms with van der Waals surface area (Å²) in [7, 11) is 0. The van der Waals surface area contributed by atoms with E-state index in [2.05, 4.69) is 5.32 Å². The number of fused-ring (bicyclic) bond motifs is 1. The van der Waals surface area contributed by atoms with E-state index in [1.807, 2.05) is 0 Å². The number of thioether (sulfide) groups is 1. The largest absolute Gasteiger partial charge is 0.480 e. The lowest BCUT2D eigenvalue weighted by atomic mass is 10.0. The van der Waals surface area contributed by atoms with Gasteiger partial charge in [-0.15, -0.1) is 11.8 Å². The smallest absolute Gasteiger partial charge is 0.320 e. The number of rotatable bonds is 3. The first-order valence-corrected chi connectivity index (χ1v) is 6.47. The van der Waals surface area contributed by atoms with Crippen molar-refractivity contribution in [2.75, 3.05) is 5.75 Å². The Bertz CT molecular complexity index is 439. The van der Waals surface area contributed by atoms with E-state index in [0.29, 0.717) is 0 Å². The fourth-order valence-corrected chi connectivity index (χ4v) is 3.02. The van der Waals surface area contributed by atoms with Crippen LogP contribution < -0.4 is 5.32 Å². The Morgan fingerprint density at radius 3 is 3.12 bits per heavy atom. The first kappa shape index (κ1) is 12.4. The lowest BCUT2D eigenvalue weighted by molar-refractivity contribution is -0.139. The van der Waals surface area contributed by atoms with Gasteiger partial charge < -0.3 is 5.11 Å². The minimum atomic E-state index is -0.888. The highest BCUT2D eigenvalue weighted by molar-refractivity contribution is 7.99. The van der Waals surface area contributed by atoms with Crippen LogP contribution in [-0.4, -0.2) is 22.9 Å². The molecule has 17 heavy (non-hydrogen) atoms. The van der Waals surface area contributed by atoms with Crippen LogP contribution in [0.3, 0.4) is 0 Å². The summed E-state index contributed by atoms with van der Waals surface area (Å²) in [6, 6.07) is 3.99. The maximum Gasteiger partial charge on any atom is 0.320 e. The normalized spacial score (nSPS) is 20.7. The summed E-state index contributed by atoms with van der Waals surface area (Å²) in [6.07, 6.45) is 0.818. The van der Waals surface area contributed by atoms with Crippen molar-refractivity contribution in [3.05, 3.63) is 29.6 Å². The zero-order valence-corrected chi connectivity index (χ0v) is 10.3. The number of carbonyl (C=O) groups is 1. The molecule has 1 aliphatic heterocycles. The molecule has 0 saturated carbocycles. The van der Waals surface area contributed by atoms with Gasteiger partial charge in [-0.2, -0.15) is 0 Å². The third-order valence-corrected chi connectivity index (χ3v) is 3.96. The van der Waals surface area contributed by atoms with E-state index < -0.39 is 12.0 Å². The highest BCUT2D eigenvalue weighted by Gasteiger charge is 2.24. The van der Waals surface area contributed by atoms with E-state index in [-0.39, 0.29) is 11.9 Å². The quantitative estimate of drug-likeness (QED) is 0.871. The molecule has 0 amide bonds. The number of halogens is 1. The highest BCUT2D eigenvalue weighted by Crippen LogP contribution is 2.36. The van der Waals surface area contributed by atoms with Crippen LogP contribution in [0.15, 0.2) is 23.1 Å². The topological polar surface area (TPSA) is 49.3 Å². The first-order chi connectivity index (χ1) is 8.08. The van der Waals surface area contributed by atoms with E-state index in [4.69, 9.17) is 5.11 Å². The Morgan fingerprint density at radius 2 is 2.41 bits per heavy atom. The molecule has 2 N–H and O–H groups in total. The second-order valence-corrected chi connectivity index (χ2v) is 5.24. The van der Waals surface area contributed by atoms with Gasteiger partial charge in [-0.3, -0.25) is 10.1 Å². The molecule has 0 bridgehead atoms. The fraction of sp³-hybridized carbons (Fsp3) is 0.417. The number of nitrogens with one attached hydrogen (secondary N) is 1. The molecule has 1 heterocycles. The molecule has 0 saturated heterocycles. The van der Waals surface area contributed by atoms with Crippen molar-refractivity contribution in [1.82, 2.24) is 5.32 Å². The summed E-state index contributed by atoms with van der Waals surface area (Å²) in [5.74, 6) is -0.245. The Labute approximate surface area is 103 Å². The maximum absolute atomic E-state index is 13.2. The molecule has 0 radical (unpaired) electrons. The predicted octanol–water partition coefficient (Wildman–Crippen LogP) is 2.43. The number of hydrogen-bond acceptors (Lipinski definition) is 3. The monoisotopic (exact) mass is 255 g/mol. The number of carboxylic acid groups (broad SMARTS) is 1. The third-order valence-electron chi connectivity index (χ3n) is 2.83. The standard InChI is InChI=1S/C12H14FNO2S/c1-7(12(15)16)14-10-4-5-17-11-3-2-8(13)6-9(10)11/h2-3,6-7,10,14H,4-5H2,1H3,(H,15,16). The fourth-order valence-electron chi connectivity index (χ4n) is 1.91. The summed E-state index contributed by atoms with van der Waals surface area (Å²) >= 11 is 1.68. The Morgan fingerprint density at radius 1 is 1.65 bits per heavy atom. The molecule has 0 fully saturated rings. The first-order valence-electron chi connectivity index (χ1n) is 5.49. The van der Waals surface area contributed by atoms with Gasteiger partial charge in [0.2, 0.25) is 0 Å². The maximum atomic E-state index is 13.2. The van der Waals surface area contributed by atoms with Crippen LogP contribution >= 0.6 is 11.8 Å². The van der Waals surface area contributed by atoms with Crippen molar-refractivity contribution in [3.63, 3.8) is 0 Å². The van der Waals surface area contributed by atoms with Crippen LogP contribution in [0.5, 0.6) is 0 Å². The molecule has 0 aromatic heterocycles. The molecule has 2 atom stereocenters. The molecule has 3 nitrogen and oxygen atoms in total. The van der Waals surface area contributed by atoms with Crippen molar-refractivity contribution >= 4 is 17.7 Å². The van der Waals surface area contributed by atoms with Gasteiger partial charge in [-0.05, 0) is 42.9 Å². The van der Waals surface area contributed by atoms with Crippen LogP contribution in [-0.2, 0) is 4.79 Å². The number of benzene rings is 1. The molecule has 1 aromatic carbocycles. The molecule has 0 spiro atoms. The van der Waals surface area contributed by atoms with E-state index in [0.717, 1.165) is 22.6 Å². The average molecular weight is 255 g/mol. The van der Waals surface area contributed by atoms with E-state index >= 15 is 0 Å². The van der Waals surface area contributed by atoms with Crippen molar-refractivity contribution in [1.29, 1.82) is 0 Å². The summed E-state index contributed by atoms with van der Waals surface area (Å²) in [5.41, 5.74) is 0.870. The van der Waals surface area contributed by atoms with Gasteiger partial charge in [-0.25, -0.2) is 4.39 Å². The zero-order valence-electron chi connectivity index (χ0n) is 9.44. The Kier molecular flexibility index (Phi) is 3.69. The minimum Gasteiger partial charge on any atom is -0.480 e. The summed E-state index contributed by atoms with van der Waals surface area (Å²) in [4.78, 5) is 11.8. The van der Waals surface area contributed by atoms with Crippen molar-refractivity contribution in [2.24, 2.45) is 0 Å². The van der Waals surface area contributed by atoms with Crippen LogP contribution in [0, 0.1) is 5.82 Å². The van der Waals surface area contributed by atoms with Gasteiger partial charge in [0, 0.05) is 10.9 Å². The van der Waals surface area contributed by atoms with Crippen LogP contribution in [0.25, 0.3) is 0 Å². The van der Waals surface area contributed by atoms with Crippen LogP contribution in [0.2, 0.25) is 0 Å². The van der Waals surface area contributed by atoms with Crippen molar-refractivity contribution in [2.45, 2.75) is 30.3 Å². The minimum absolute atomic E-state index is 0.0759. The zero-order chi connectivity index (χ0) is 12.4. The molecule has 2 rings (SSSR count). The summed E-state index contributed by atoms with van der Waals surface area (Å²) in [6.45, 7) is 1.60. The van der Waals surface area contributed by atoms with E-state index in [9.17, 15) is 9.18 Å². The van der Waals surface area contributed by atoms with Crippen molar-refractivity contribution < 1.29 is 14.3 Å². The molecule has 5 heteroatoms. The Hall–Kier alpha value is -1.07. The number of aliphatic carboxylic acids is 1. The van der Waals surface area contributed by atoms with Gasteiger partial charge >= 0.3 is 5.97 Å². The second kappa shape index (κ2) is 5.06. The SMILES string of the molecule is CC(NC1CCSc2ccc(F)cc21)C(=O)O. The molecule has 92 valence electrons. The van der Waals surface area contributed by atoms with Gasteiger partial charge in [0.15, 0.2) is 0 Å². The lowest BCUT2D eigenvalue weighted by Gasteiger charge is -2.27. The number of carboxylic acids is 1. The predicted molar refractivity (Wildman–Crippen MR) is 64.7 cm³/mol. The Balaban J connectivity index is 2.22. The molecule has 0 aliphatic carbocycles. The van der Waals surface area contributed by atoms with Crippen LogP contribution in [0.4, 0.5) is 4.39 Å². The highest BCUT2D eigenvalue weighted by atomic mass is 32.2. The molecular formula is C12H14FNO2S. The van der Waals surface area contributed by atoms with E-state index in [1.165, 1.54) is 12.1 Å². The molecule has 1 aliphatic rings. The molecule has 2 unspecified atom stereocenters. The van der Waals surface area contributed by atoms with Gasteiger partial charge in [0.1, 0.15) is 11.9 Å². The van der Waals surface area contributed by atoms with Gasteiger partial charge in [0.25, 0.3) is 0 Å². The summed E-state index contributed by atoms with van der Waals surface area (Å²) in [5, 5.41) is 11.9. The van der Waals surface area contributed by atoms with Gasteiger partial charge in [-0.1, -0.05) is 0 Å². The van der Waals surface area contributed by atoms with E-state index in [1.54, 1.807) is 24.8 Å². The molecule has 1 aromatic rings. The average Bonchev–Trinajstić information content (AvgIpc) is 2.29. The van der Waals surface area contributed by atoms with Crippen LogP contribution in [0.1, 0.15) is 24.9 Å². The molecular weight excluding hydrogens is 241 g/mol. The lowest BCUT2D eigenvalue weighted by Crippen LogP contribution is -2.37. The third kappa shape index (κ3) is 2.79. The van der Waals surface area contributed by atoms with Gasteiger partial charge in [0.05, 0.1) is 0 Å². The van der Waals surface area contributed by atoms with Crippen molar-refractivity contribution in [3.8, 4) is 0 Å². The summed E-state index contributed by atoms with van der Waals surface area (Å²) < 4.78 is 13.2. The number of hydrogen-bond donors (Lipinski definition) is 2.